The average molecular weight is 233 g/mol. The second-order valence-corrected chi connectivity index (χ2v) is 5.01. The summed E-state index contributed by atoms with van der Waals surface area (Å²) in [5.74, 6) is 2.52. The van der Waals surface area contributed by atoms with Crippen LogP contribution in [0.1, 0.15) is 37.3 Å². The highest BCUT2D eigenvalue weighted by atomic mass is 16.6. The van der Waals surface area contributed by atoms with Gasteiger partial charge in [0.25, 0.3) is 0 Å². The first-order chi connectivity index (χ1) is 8.34. The molecule has 1 aromatic rings. The lowest BCUT2D eigenvalue weighted by Crippen LogP contribution is -2.23. The molecule has 2 aliphatic rings. The molecule has 1 aliphatic heterocycles. The van der Waals surface area contributed by atoms with Crippen LogP contribution in [0, 0.1) is 5.92 Å². The van der Waals surface area contributed by atoms with Gasteiger partial charge in [0.1, 0.15) is 13.2 Å². The molecule has 3 rings (SSSR count). The molecule has 1 heterocycles. The van der Waals surface area contributed by atoms with E-state index in [4.69, 9.17) is 15.2 Å². The number of para-hydroxylation sites is 1. The van der Waals surface area contributed by atoms with Crippen LogP contribution in [0.5, 0.6) is 11.5 Å². The Morgan fingerprint density at radius 2 is 2.06 bits per heavy atom. The van der Waals surface area contributed by atoms with Gasteiger partial charge < -0.3 is 15.2 Å². The maximum Gasteiger partial charge on any atom is 0.166 e. The first kappa shape index (κ1) is 10.9. The van der Waals surface area contributed by atoms with Crippen molar-refractivity contribution in [1.82, 2.24) is 0 Å². The molecule has 0 amide bonds. The summed E-state index contributed by atoms with van der Waals surface area (Å²) in [5.41, 5.74) is 7.40. The molecule has 0 spiro atoms. The molecule has 1 aromatic carbocycles. The first-order valence-electron chi connectivity index (χ1n) is 6.48. The lowest BCUT2D eigenvalue weighted by atomic mass is 9.79. The number of fused-ring (bicyclic) bond motifs is 1. The Morgan fingerprint density at radius 1 is 1.24 bits per heavy atom. The van der Waals surface area contributed by atoms with Gasteiger partial charge in [-0.1, -0.05) is 31.4 Å². The zero-order valence-electron chi connectivity index (χ0n) is 10.0. The van der Waals surface area contributed by atoms with Gasteiger partial charge in [-0.05, 0) is 18.4 Å². The number of nitrogens with two attached hydrogens (primary N) is 1. The van der Waals surface area contributed by atoms with Crippen LogP contribution >= 0.6 is 0 Å². The van der Waals surface area contributed by atoms with Crippen molar-refractivity contribution in [3.8, 4) is 11.5 Å². The number of ether oxygens (including phenoxy) is 2. The molecule has 0 saturated heterocycles. The number of hydrogen-bond donors (Lipinski definition) is 1. The molecule has 2 N–H and O–H groups in total. The Bertz CT molecular complexity index is 401. The van der Waals surface area contributed by atoms with E-state index in [-0.39, 0.29) is 6.04 Å². The van der Waals surface area contributed by atoms with Crippen molar-refractivity contribution in [2.24, 2.45) is 11.7 Å². The minimum Gasteiger partial charge on any atom is -0.486 e. The summed E-state index contributed by atoms with van der Waals surface area (Å²) in [7, 11) is 0. The molecule has 1 saturated carbocycles. The number of benzene rings is 1. The SMILES string of the molecule is NC(CC1CCC1)c1cccc2c1OCCO2. The molecule has 1 atom stereocenters. The standard InChI is InChI=1S/C14H19NO2/c15-12(9-10-3-1-4-10)11-5-2-6-13-14(11)17-8-7-16-13/h2,5-6,10,12H,1,3-4,7-9,15H2. The van der Waals surface area contributed by atoms with Gasteiger partial charge in [0.05, 0.1) is 0 Å². The van der Waals surface area contributed by atoms with Crippen molar-refractivity contribution in [2.45, 2.75) is 31.7 Å². The van der Waals surface area contributed by atoms with Crippen molar-refractivity contribution >= 4 is 0 Å². The first-order valence-corrected chi connectivity index (χ1v) is 6.48. The van der Waals surface area contributed by atoms with Crippen LogP contribution in [0.2, 0.25) is 0 Å². The molecule has 0 radical (unpaired) electrons. The highest BCUT2D eigenvalue weighted by Gasteiger charge is 2.24. The topological polar surface area (TPSA) is 44.5 Å². The second kappa shape index (κ2) is 4.57. The third-order valence-electron chi connectivity index (χ3n) is 3.81. The lowest BCUT2D eigenvalue weighted by molar-refractivity contribution is 0.168. The molecular weight excluding hydrogens is 214 g/mol. The predicted octanol–water partition coefficient (Wildman–Crippen LogP) is 2.65. The summed E-state index contributed by atoms with van der Waals surface area (Å²) in [6.45, 7) is 1.26. The highest BCUT2D eigenvalue weighted by Crippen LogP contribution is 2.40. The predicted molar refractivity (Wildman–Crippen MR) is 66.3 cm³/mol. The van der Waals surface area contributed by atoms with Crippen LogP contribution in [0.15, 0.2) is 18.2 Å². The van der Waals surface area contributed by atoms with Crippen LogP contribution in [0.25, 0.3) is 0 Å². The van der Waals surface area contributed by atoms with E-state index in [1.54, 1.807) is 0 Å². The fourth-order valence-corrected chi connectivity index (χ4v) is 2.60. The van der Waals surface area contributed by atoms with E-state index in [1.165, 1.54) is 19.3 Å². The minimum absolute atomic E-state index is 0.0805. The molecule has 0 aromatic heterocycles. The van der Waals surface area contributed by atoms with E-state index in [9.17, 15) is 0 Å². The molecule has 0 bridgehead atoms. The van der Waals surface area contributed by atoms with Crippen molar-refractivity contribution in [3.63, 3.8) is 0 Å². The molecular formula is C14H19NO2. The zero-order valence-corrected chi connectivity index (χ0v) is 10.0. The molecule has 1 unspecified atom stereocenters. The van der Waals surface area contributed by atoms with Crippen LogP contribution < -0.4 is 15.2 Å². The maximum absolute atomic E-state index is 6.29. The maximum atomic E-state index is 6.29. The largest absolute Gasteiger partial charge is 0.486 e. The molecule has 1 fully saturated rings. The third kappa shape index (κ3) is 2.12. The third-order valence-corrected chi connectivity index (χ3v) is 3.81. The van der Waals surface area contributed by atoms with Crippen molar-refractivity contribution < 1.29 is 9.47 Å². The average Bonchev–Trinajstić information content (AvgIpc) is 2.33. The van der Waals surface area contributed by atoms with E-state index < -0.39 is 0 Å². The Morgan fingerprint density at radius 3 is 2.82 bits per heavy atom. The molecule has 17 heavy (non-hydrogen) atoms. The van der Waals surface area contributed by atoms with Crippen molar-refractivity contribution in [2.75, 3.05) is 13.2 Å². The van der Waals surface area contributed by atoms with Gasteiger partial charge in [0, 0.05) is 11.6 Å². The van der Waals surface area contributed by atoms with E-state index in [1.807, 2.05) is 12.1 Å². The van der Waals surface area contributed by atoms with Gasteiger partial charge in [0.2, 0.25) is 0 Å². The van der Waals surface area contributed by atoms with E-state index >= 15 is 0 Å². The van der Waals surface area contributed by atoms with Gasteiger partial charge in [0.15, 0.2) is 11.5 Å². The zero-order chi connectivity index (χ0) is 11.7. The van der Waals surface area contributed by atoms with Gasteiger partial charge in [-0.15, -0.1) is 0 Å². The van der Waals surface area contributed by atoms with Gasteiger partial charge in [-0.3, -0.25) is 0 Å². The van der Waals surface area contributed by atoms with Crippen molar-refractivity contribution in [1.29, 1.82) is 0 Å². The molecule has 92 valence electrons. The monoisotopic (exact) mass is 233 g/mol. The van der Waals surface area contributed by atoms with Crippen LogP contribution in [-0.4, -0.2) is 13.2 Å². The molecule has 1 aliphatic carbocycles. The minimum atomic E-state index is 0.0805. The summed E-state index contributed by atoms with van der Waals surface area (Å²) in [5, 5.41) is 0. The molecule has 3 nitrogen and oxygen atoms in total. The second-order valence-electron chi connectivity index (χ2n) is 5.01. The summed E-state index contributed by atoms with van der Waals surface area (Å²) < 4.78 is 11.3. The summed E-state index contributed by atoms with van der Waals surface area (Å²) in [6, 6.07) is 6.10. The van der Waals surface area contributed by atoms with Gasteiger partial charge >= 0.3 is 0 Å². The quantitative estimate of drug-likeness (QED) is 0.873. The van der Waals surface area contributed by atoms with Crippen LogP contribution in [-0.2, 0) is 0 Å². The fraction of sp³-hybridized carbons (Fsp3) is 0.571. The Hall–Kier alpha value is -1.22. The normalized spacial score (nSPS) is 20.8. The van der Waals surface area contributed by atoms with E-state index in [2.05, 4.69) is 6.07 Å². The Kier molecular flexibility index (Phi) is 2.93. The molecule has 3 heteroatoms. The number of rotatable bonds is 3. The summed E-state index contributed by atoms with van der Waals surface area (Å²) in [6.07, 6.45) is 5.10. The highest BCUT2D eigenvalue weighted by molar-refractivity contribution is 5.48. The summed E-state index contributed by atoms with van der Waals surface area (Å²) in [4.78, 5) is 0. The Labute approximate surface area is 102 Å². The van der Waals surface area contributed by atoms with Gasteiger partial charge in [-0.2, -0.15) is 0 Å². The smallest absolute Gasteiger partial charge is 0.166 e. The lowest BCUT2D eigenvalue weighted by Gasteiger charge is -2.29. The van der Waals surface area contributed by atoms with Crippen LogP contribution in [0.3, 0.4) is 0 Å². The van der Waals surface area contributed by atoms with E-state index in [0.717, 1.165) is 29.4 Å². The van der Waals surface area contributed by atoms with Crippen LogP contribution in [0.4, 0.5) is 0 Å². The summed E-state index contributed by atoms with van der Waals surface area (Å²) >= 11 is 0. The Balaban J connectivity index is 1.80. The van der Waals surface area contributed by atoms with Gasteiger partial charge in [-0.25, -0.2) is 0 Å². The number of hydrogen-bond acceptors (Lipinski definition) is 3. The fourth-order valence-electron chi connectivity index (χ4n) is 2.60. The van der Waals surface area contributed by atoms with E-state index in [0.29, 0.717) is 13.2 Å². The van der Waals surface area contributed by atoms with Crippen molar-refractivity contribution in [3.05, 3.63) is 23.8 Å².